The van der Waals surface area contributed by atoms with Crippen LogP contribution < -0.4 is 0 Å². The number of methoxy groups -OCH3 is 1. The zero-order valence-corrected chi connectivity index (χ0v) is 8.23. The highest BCUT2D eigenvalue weighted by molar-refractivity contribution is 6.22. The Labute approximate surface area is 72.9 Å². The first-order valence-electron chi connectivity index (χ1n) is 3.69. The zero-order valence-electron chi connectivity index (χ0n) is 7.48. The molecule has 0 saturated heterocycles. The van der Waals surface area contributed by atoms with Crippen molar-refractivity contribution in [2.24, 2.45) is 5.41 Å². The van der Waals surface area contributed by atoms with E-state index in [-0.39, 0.29) is 11.3 Å². The summed E-state index contributed by atoms with van der Waals surface area (Å²) in [6.07, 6.45) is 0.768. The summed E-state index contributed by atoms with van der Waals surface area (Å²) >= 11 is 5.93. The number of halogens is 1. The third-order valence-corrected chi connectivity index (χ3v) is 2.71. The number of hydrogen-bond acceptors (Lipinski definition) is 2. The molecule has 0 heterocycles. The van der Waals surface area contributed by atoms with Crippen LogP contribution in [0.5, 0.6) is 0 Å². The Bertz CT molecular complexity index is 143. The van der Waals surface area contributed by atoms with Crippen molar-refractivity contribution in [3.63, 3.8) is 0 Å². The normalized spacial score (nSPS) is 14.3. The molecule has 0 aliphatic carbocycles. The second-order valence-electron chi connectivity index (χ2n) is 3.09. The number of carbonyl (C=O) groups is 1. The fourth-order valence-corrected chi connectivity index (χ4v) is 0.990. The molecule has 0 aromatic carbocycles. The van der Waals surface area contributed by atoms with E-state index in [1.807, 2.05) is 6.92 Å². The maximum Gasteiger partial charge on any atom is 0.312 e. The van der Waals surface area contributed by atoms with Crippen molar-refractivity contribution in [3.8, 4) is 0 Å². The monoisotopic (exact) mass is 178 g/mol. The predicted molar refractivity (Wildman–Crippen MR) is 45.7 cm³/mol. The van der Waals surface area contributed by atoms with Crippen LogP contribution in [0.1, 0.15) is 27.2 Å². The lowest BCUT2D eigenvalue weighted by molar-refractivity contribution is -0.150. The van der Waals surface area contributed by atoms with Crippen LogP contribution >= 0.6 is 11.6 Å². The van der Waals surface area contributed by atoms with E-state index in [0.29, 0.717) is 0 Å². The maximum absolute atomic E-state index is 11.1. The van der Waals surface area contributed by atoms with Crippen LogP contribution in [0.15, 0.2) is 0 Å². The summed E-state index contributed by atoms with van der Waals surface area (Å²) < 4.78 is 4.61. The Hall–Kier alpha value is -0.240. The van der Waals surface area contributed by atoms with Gasteiger partial charge in [-0.25, -0.2) is 0 Å². The molecule has 2 nitrogen and oxygen atoms in total. The van der Waals surface area contributed by atoms with Gasteiger partial charge in [0.25, 0.3) is 0 Å². The lowest BCUT2D eigenvalue weighted by atomic mass is 9.88. The summed E-state index contributed by atoms with van der Waals surface area (Å²) in [6.45, 7) is 5.53. The van der Waals surface area contributed by atoms with E-state index >= 15 is 0 Å². The standard InChI is InChI=1S/C8H15ClO2/c1-5-6(9)8(2,3)7(10)11-4/h6H,5H2,1-4H3/t6-/m0/s1. The molecule has 0 spiro atoms. The number of alkyl halides is 1. The zero-order chi connectivity index (χ0) is 9.07. The Morgan fingerprint density at radius 3 is 2.36 bits per heavy atom. The second kappa shape index (κ2) is 3.96. The molecule has 3 heteroatoms. The van der Waals surface area contributed by atoms with Crippen molar-refractivity contribution in [1.82, 2.24) is 0 Å². The smallest absolute Gasteiger partial charge is 0.312 e. The largest absolute Gasteiger partial charge is 0.469 e. The highest BCUT2D eigenvalue weighted by Crippen LogP contribution is 2.28. The minimum Gasteiger partial charge on any atom is -0.469 e. The van der Waals surface area contributed by atoms with Crippen molar-refractivity contribution in [1.29, 1.82) is 0 Å². The second-order valence-corrected chi connectivity index (χ2v) is 3.62. The van der Waals surface area contributed by atoms with Crippen molar-refractivity contribution in [2.45, 2.75) is 32.6 Å². The average molecular weight is 179 g/mol. The number of hydrogen-bond donors (Lipinski definition) is 0. The van der Waals surface area contributed by atoms with Gasteiger partial charge in [0.1, 0.15) is 0 Å². The van der Waals surface area contributed by atoms with Gasteiger partial charge in [-0.1, -0.05) is 6.92 Å². The van der Waals surface area contributed by atoms with Gasteiger partial charge in [-0.15, -0.1) is 11.6 Å². The predicted octanol–water partition coefficient (Wildman–Crippen LogP) is 2.20. The highest BCUT2D eigenvalue weighted by Gasteiger charge is 2.35. The molecular formula is C8H15ClO2. The molecule has 0 aromatic heterocycles. The van der Waals surface area contributed by atoms with Gasteiger partial charge in [-0.05, 0) is 20.3 Å². The van der Waals surface area contributed by atoms with Crippen LogP contribution in [0.4, 0.5) is 0 Å². The number of carbonyl (C=O) groups excluding carboxylic acids is 1. The van der Waals surface area contributed by atoms with Crippen LogP contribution in [0.25, 0.3) is 0 Å². The molecular weight excluding hydrogens is 164 g/mol. The van der Waals surface area contributed by atoms with E-state index in [1.54, 1.807) is 13.8 Å². The molecule has 0 saturated carbocycles. The fourth-order valence-electron chi connectivity index (χ4n) is 0.901. The third kappa shape index (κ3) is 2.37. The molecule has 0 radical (unpaired) electrons. The Balaban J connectivity index is 4.31. The van der Waals surface area contributed by atoms with Gasteiger partial charge in [0, 0.05) is 5.38 Å². The summed E-state index contributed by atoms with van der Waals surface area (Å²) in [5.74, 6) is -0.251. The number of rotatable bonds is 3. The minimum absolute atomic E-state index is 0.157. The highest BCUT2D eigenvalue weighted by atomic mass is 35.5. The number of esters is 1. The summed E-state index contributed by atoms with van der Waals surface area (Å²) in [6, 6.07) is 0. The molecule has 0 rings (SSSR count). The van der Waals surface area contributed by atoms with Crippen LogP contribution in [-0.4, -0.2) is 18.5 Å². The van der Waals surface area contributed by atoms with Gasteiger partial charge in [-0.2, -0.15) is 0 Å². The molecule has 0 aromatic rings. The Kier molecular flexibility index (Phi) is 3.87. The molecule has 66 valence electrons. The molecule has 0 unspecified atom stereocenters. The van der Waals surface area contributed by atoms with E-state index in [2.05, 4.69) is 4.74 Å². The Morgan fingerprint density at radius 1 is 1.64 bits per heavy atom. The van der Waals surface area contributed by atoms with Gasteiger partial charge in [0.05, 0.1) is 12.5 Å². The quantitative estimate of drug-likeness (QED) is 0.489. The van der Waals surface area contributed by atoms with E-state index in [9.17, 15) is 4.79 Å². The third-order valence-electron chi connectivity index (χ3n) is 1.85. The summed E-state index contributed by atoms with van der Waals surface area (Å²) in [4.78, 5) is 11.1. The lowest BCUT2D eigenvalue weighted by Crippen LogP contribution is -2.34. The van der Waals surface area contributed by atoms with E-state index in [0.717, 1.165) is 6.42 Å². The molecule has 0 N–H and O–H groups in total. The molecule has 0 aliphatic heterocycles. The molecule has 1 atom stereocenters. The van der Waals surface area contributed by atoms with Crippen molar-refractivity contribution in [2.75, 3.05) is 7.11 Å². The topological polar surface area (TPSA) is 26.3 Å². The first-order chi connectivity index (χ1) is 4.96. The van der Waals surface area contributed by atoms with E-state index in [4.69, 9.17) is 11.6 Å². The Morgan fingerprint density at radius 2 is 2.09 bits per heavy atom. The lowest BCUT2D eigenvalue weighted by Gasteiger charge is -2.25. The average Bonchev–Trinajstić information content (AvgIpc) is 2.01. The molecule has 0 aliphatic rings. The van der Waals surface area contributed by atoms with Gasteiger partial charge < -0.3 is 4.74 Å². The van der Waals surface area contributed by atoms with E-state index in [1.165, 1.54) is 7.11 Å². The van der Waals surface area contributed by atoms with Crippen molar-refractivity contribution < 1.29 is 9.53 Å². The fraction of sp³-hybridized carbons (Fsp3) is 0.875. The molecule has 0 fully saturated rings. The van der Waals surface area contributed by atoms with Crippen LogP contribution in [0.3, 0.4) is 0 Å². The van der Waals surface area contributed by atoms with Gasteiger partial charge in [0.2, 0.25) is 0 Å². The first kappa shape index (κ1) is 10.8. The SMILES string of the molecule is CC[C@H](Cl)C(C)(C)C(=O)OC. The van der Waals surface area contributed by atoms with Crippen LogP contribution in [-0.2, 0) is 9.53 Å². The first-order valence-corrected chi connectivity index (χ1v) is 4.13. The van der Waals surface area contributed by atoms with Crippen LogP contribution in [0.2, 0.25) is 0 Å². The van der Waals surface area contributed by atoms with Gasteiger partial charge in [-0.3, -0.25) is 4.79 Å². The summed E-state index contributed by atoms with van der Waals surface area (Å²) in [5.41, 5.74) is -0.578. The van der Waals surface area contributed by atoms with Crippen molar-refractivity contribution >= 4 is 17.6 Å². The summed E-state index contributed by atoms with van der Waals surface area (Å²) in [7, 11) is 1.38. The number of ether oxygens (including phenoxy) is 1. The molecule has 11 heavy (non-hydrogen) atoms. The minimum atomic E-state index is -0.578. The maximum atomic E-state index is 11.1. The summed E-state index contributed by atoms with van der Waals surface area (Å²) in [5, 5.41) is -0.157. The van der Waals surface area contributed by atoms with Crippen LogP contribution in [0, 0.1) is 5.41 Å². The van der Waals surface area contributed by atoms with Crippen molar-refractivity contribution in [3.05, 3.63) is 0 Å². The van der Waals surface area contributed by atoms with Gasteiger partial charge in [0.15, 0.2) is 0 Å². The molecule has 0 amide bonds. The van der Waals surface area contributed by atoms with Gasteiger partial charge >= 0.3 is 5.97 Å². The molecule has 0 bridgehead atoms. The van der Waals surface area contributed by atoms with E-state index < -0.39 is 5.41 Å².